The van der Waals surface area contributed by atoms with Crippen LogP contribution in [0.2, 0.25) is 0 Å². The molecule has 2 heteroatoms. The Hall–Kier alpha value is -2.35. The van der Waals surface area contributed by atoms with Crippen LogP contribution >= 0.6 is 0 Å². The molecular formula is C21H21NO. The van der Waals surface area contributed by atoms with Crippen LogP contribution in [0.15, 0.2) is 54.6 Å². The van der Waals surface area contributed by atoms with Crippen molar-refractivity contribution in [3.05, 3.63) is 76.9 Å². The smallest absolute Gasteiger partial charge is 0.159 e. The van der Waals surface area contributed by atoms with Gasteiger partial charge < -0.3 is 5.32 Å². The summed E-state index contributed by atoms with van der Waals surface area (Å²) in [5, 5.41) is 3.74. The summed E-state index contributed by atoms with van der Waals surface area (Å²) < 4.78 is 0. The Labute approximate surface area is 137 Å². The summed E-state index contributed by atoms with van der Waals surface area (Å²) in [6.45, 7) is 3.82. The van der Waals surface area contributed by atoms with Crippen LogP contribution in [0.1, 0.15) is 52.4 Å². The Kier molecular flexibility index (Phi) is 3.33. The first-order valence-electron chi connectivity index (χ1n) is 8.29. The number of aryl methyl sites for hydroxylation is 1. The molecule has 3 atom stereocenters. The molecule has 1 aliphatic carbocycles. The normalized spacial score (nSPS) is 24.7. The molecule has 116 valence electrons. The Morgan fingerprint density at radius 2 is 1.96 bits per heavy atom. The molecule has 1 heterocycles. The highest BCUT2D eigenvalue weighted by Crippen LogP contribution is 2.50. The fraction of sp³-hybridized carbons (Fsp3) is 0.286. The van der Waals surface area contributed by atoms with Gasteiger partial charge in [0.05, 0.1) is 6.04 Å². The molecule has 2 aromatic carbocycles. The largest absolute Gasteiger partial charge is 0.378 e. The van der Waals surface area contributed by atoms with Gasteiger partial charge in [-0.15, -0.1) is 0 Å². The van der Waals surface area contributed by atoms with Gasteiger partial charge in [-0.2, -0.15) is 0 Å². The lowest BCUT2D eigenvalue weighted by molar-refractivity contribution is 0.101. The van der Waals surface area contributed by atoms with E-state index >= 15 is 0 Å². The Morgan fingerprint density at radius 3 is 2.74 bits per heavy atom. The van der Waals surface area contributed by atoms with E-state index in [2.05, 4.69) is 60.8 Å². The van der Waals surface area contributed by atoms with Crippen molar-refractivity contribution in [1.82, 2.24) is 0 Å². The summed E-state index contributed by atoms with van der Waals surface area (Å²) in [6.07, 6.45) is 5.69. The molecule has 1 N–H and O–H groups in total. The number of fused-ring (bicyclic) bond motifs is 3. The third-order valence-corrected chi connectivity index (χ3v) is 5.29. The zero-order valence-electron chi connectivity index (χ0n) is 13.5. The van der Waals surface area contributed by atoms with Gasteiger partial charge in [-0.05, 0) is 61.1 Å². The van der Waals surface area contributed by atoms with Crippen molar-refractivity contribution in [2.45, 2.75) is 32.2 Å². The molecule has 0 amide bonds. The van der Waals surface area contributed by atoms with E-state index in [1.54, 1.807) is 6.92 Å². The fourth-order valence-corrected chi connectivity index (χ4v) is 4.06. The molecule has 2 aliphatic rings. The van der Waals surface area contributed by atoms with Crippen molar-refractivity contribution in [2.24, 2.45) is 5.92 Å². The summed E-state index contributed by atoms with van der Waals surface area (Å²) >= 11 is 0. The SMILES string of the molecule is CC(=O)c1ccc2c(c1)C1C=CCC1C(c1ccccc1C)N2. The second-order valence-electron chi connectivity index (χ2n) is 6.69. The van der Waals surface area contributed by atoms with Crippen LogP contribution < -0.4 is 5.32 Å². The molecule has 2 aromatic rings. The van der Waals surface area contributed by atoms with Crippen LogP contribution in [0.3, 0.4) is 0 Å². The first-order chi connectivity index (χ1) is 11.1. The molecule has 0 fully saturated rings. The molecule has 0 saturated carbocycles. The highest BCUT2D eigenvalue weighted by Gasteiger charge is 2.38. The number of ketones is 1. The number of carbonyl (C=O) groups excluding carboxylic acids is 1. The van der Waals surface area contributed by atoms with Crippen LogP contribution in [0.5, 0.6) is 0 Å². The van der Waals surface area contributed by atoms with Crippen LogP contribution in [-0.2, 0) is 0 Å². The predicted octanol–water partition coefficient (Wildman–Crippen LogP) is 5.02. The molecule has 0 spiro atoms. The Bertz CT molecular complexity index is 805. The summed E-state index contributed by atoms with van der Waals surface area (Å²) in [5.41, 5.74) is 5.95. The first kappa shape index (κ1) is 14.3. The van der Waals surface area contributed by atoms with Gasteiger partial charge in [-0.1, -0.05) is 36.4 Å². The van der Waals surface area contributed by atoms with Gasteiger partial charge >= 0.3 is 0 Å². The van der Waals surface area contributed by atoms with Gasteiger partial charge in [0.2, 0.25) is 0 Å². The Morgan fingerprint density at radius 1 is 1.13 bits per heavy atom. The van der Waals surface area contributed by atoms with Crippen LogP contribution in [0, 0.1) is 12.8 Å². The number of Topliss-reactive ketones (excluding diaryl/α,β-unsaturated/α-hetero) is 1. The topological polar surface area (TPSA) is 29.1 Å². The van der Waals surface area contributed by atoms with Crippen molar-refractivity contribution in [1.29, 1.82) is 0 Å². The zero-order chi connectivity index (χ0) is 16.0. The number of benzene rings is 2. The van der Waals surface area contributed by atoms with Crippen molar-refractivity contribution < 1.29 is 4.79 Å². The van der Waals surface area contributed by atoms with E-state index in [1.165, 1.54) is 16.7 Å². The van der Waals surface area contributed by atoms with E-state index in [0.717, 1.165) is 17.7 Å². The van der Waals surface area contributed by atoms with E-state index in [4.69, 9.17) is 0 Å². The fourth-order valence-electron chi connectivity index (χ4n) is 4.06. The number of allylic oxidation sites excluding steroid dienone is 2. The molecule has 2 nitrogen and oxygen atoms in total. The van der Waals surface area contributed by atoms with Crippen LogP contribution in [0.4, 0.5) is 5.69 Å². The van der Waals surface area contributed by atoms with E-state index < -0.39 is 0 Å². The van der Waals surface area contributed by atoms with Crippen molar-refractivity contribution in [3.8, 4) is 0 Å². The molecular weight excluding hydrogens is 282 g/mol. The molecule has 0 radical (unpaired) electrons. The maximum Gasteiger partial charge on any atom is 0.159 e. The van der Waals surface area contributed by atoms with Crippen molar-refractivity contribution in [2.75, 3.05) is 5.32 Å². The third kappa shape index (κ3) is 2.29. The maximum atomic E-state index is 11.7. The van der Waals surface area contributed by atoms with E-state index in [9.17, 15) is 4.79 Å². The highest BCUT2D eigenvalue weighted by atomic mass is 16.1. The quantitative estimate of drug-likeness (QED) is 0.623. The zero-order valence-corrected chi connectivity index (χ0v) is 13.5. The molecule has 0 aromatic heterocycles. The highest BCUT2D eigenvalue weighted by molar-refractivity contribution is 5.95. The van der Waals surface area contributed by atoms with Crippen LogP contribution in [-0.4, -0.2) is 5.78 Å². The first-order valence-corrected chi connectivity index (χ1v) is 8.29. The summed E-state index contributed by atoms with van der Waals surface area (Å²) in [6, 6.07) is 15.0. The van der Waals surface area contributed by atoms with Crippen molar-refractivity contribution in [3.63, 3.8) is 0 Å². The lowest BCUT2D eigenvalue weighted by Crippen LogP contribution is -2.29. The average molecular weight is 303 g/mol. The van der Waals surface area contributed by atoms with Crippen molar-refractivity contribution >= 4 is 11.5 Å². The summed E-state index contributed by atoms with van der Waals surface area (Å²) in [7, 11) is 0. The Balaban J connectivity index is 1.81. The molecule has 4 rings (SSSR count). The van der Waals surface area contributed by atoms with E-state index in [1.807, 2.05) is 6.07 Å². The second kappa shape index (κ2) is 5.38. The predicted molar refractivity (Wildman–Crippen MR) is 94.0 cm³/mol. The lowest BCUT2D eigenvalue weighted by Gasteiger charge is -2.38. The number of hydrogen-bond acceptors (Lipinski definition) is 2. The van der Waals surface area contributed by atoms with Gasteiger partial charge in [-0.25, -0.2) is 0 Å². The maximum absolute atomic E-state index is 11.7. The minimum atomic E-state index is 0.132. The second-order valence-corrected chi connectivity index (χ2v) is 6.69. The molecule has 0 bridgehead atoms. The number of nitrogens with one attached hydrogen (secondary N) is 1. The number of carbonyl (C=O) groups is 1. The van der Waals surface area contributed by atoms with Gasteiger partial charge in [-0.3, -0.25) is 4.79 Å². The molecule has 3 unspecified atom stereocenters. The van der Waals surface area contributed by atoms with Gasteiger partial charge in [0.25, 0.3) is 0 Å². The van der Waals surface area contributed by atoms with E-state index in [-0.39, 0.29) is 5.78 Å². The lowest BCUT2D eigenvalue weighted by atomic mass is 9.76. The number of rotatable bonds is 2. The van der Waals surface area contributed by atoms with Gasteiger partial charge in [0.15, 0.2) is 5.78 Å². The third-order valence-electron chi connectivity index (χ3n) is 5.29. The molecule has 23 heavy (non-hydrogen) atoms. The average Bonchev–Trinajstić information content (AvgIpc) is 3.04. The number of anilines is 1. The van der Waals surface area contributed by atoms with Gasteiger partial charge in [0.1, 0.15) is 0 Å². The monoisotopic (exact) mass is 303 g/mol. The summed E-state index contributed by atoms with van der Waals surface area (Å²) in [5.74, 6) is 1.05. The molecule has 0 saturated heterocycles. The minimum absolute atomic E-state index is 0.132. The number of hydrogen-bond donors (Lipinski definition) is 1. The van der Waals surface area contributed by atoms with Crippen LogP contribution in [0.25, 0.3) is 0 Å². The van der Waals surface area contributed by atoms with E-state index in [0.29, 0.717) is 17.9 Å². The minimum Gasteiger partial charge on any atom is -0.378 e. The summed E-state index contributed by atoms with van der Waals surface area (Å²) in [4.78, 5) is 11.7. The van der Waals surface area contributed by atoms with Gasteiger partial charge in [0, 0.05) is 17.2 Å². The molecule has 1 aliphatic heterocycles. The standard InChI is InChI=1S/C21H21NO/c1-13-6-3-4-7-16(13)21-18-9-5-8-17(18)19-12-15(14(2)23)10-11-20(19)22-21/h3-8,10-12,17-18,21-22H,9H2,1-2H3.